The summed E-state index contributed by atoms with van der Waals surface area (Å²) in [5.41, 5.74) is 0. The Bertz CT molecular complexity index is 199. The van der Waals surface area contributed by atoms with Gasteiger partial charge in [0.05, 0.1) is 72.7 Å². The van der Waals surface area contributed by atoms with Crippen molar-refractivity contribution in [1.29, 1.82) is 0 Å². The number of ether oxygens (including phenoxy) is 6. The molecule has 0 aliphatic heterocycles. The van der Waals surface area contributed by atoms with Crippen molar-refractivity contribution in [3.63, 3.8) is 0 Å². The summed E-state index contributed by atoms with van der Waals surface area (Å²) >= 11 is 0. The molecule has 0 saturated heterocycles. The van der Waals surface area contributed by atoms with Gasteiger partial charge < -0.3 is 33.7 Å². The predicted molar refractivity (Wildman–Crippen MR) is 93.7 cm³/mol. The minimum atomic E-state index is 0.571. The molecule has 0 amide bonds. The lowest BCUT2D eigenvalue weighted by Gasteiger charge is -2.08. The molecular weight excluding hydrogens is 314 g/mol. The fourth-order valence-corrected chi connectivity index (χ4v) is 1.69. The molecule has 0 aromatic heterocycles. The van der Waals surface area contributed by atoms with Crippen molar-refractivity contribution >= 4 is 0 Å². The Balaban J connectivity index is 2.93. The smallest absolute Gasteiger partial charge is 0.0701 e. The molecule has 0 aromatic rings. The van der Waals surface area contributed by atoms with Gasteiger partial charge in [-0.15, -0.1) is 0 Å². The Morgan fingerprint density at radius 2 is 0.833 bits per heavy atom. The van der Waals surface area contributed by atoms with Gasteiger partial charge in [-0.25, -0.2) is 0 Å². The van der Waals surface area contributed by atoms with Crippen molar-refractivity contribution in [3.05, 3.63) is 0 Å². The lowest BCUT2D eigenvalue weighted by atomic mass is 10.5. The van der Waals surface area contributed by atoms with Crippen LogP contribution in [0.25, 0.3) is 0 Å². The van der Waals surface area contributed by atoms with Gasteiger partial charge in [0.1, 0.15) is 0 Å². The summed E-state index contributed by atoms with van der Waals surface area (Å²) in [6, 6.07) is 0. The standard InChI is InChI=1S/C17H37NO6/c1-3-5-18-6-7-20-10-11-22-14-15-24-17-16-23-13-12-21-9-8-19-4-2/h18H,3-17H2,1-2H3. The van der Waals surface area contributed by atoms with E-state index in [9.17, 15) is 0 Å². The third kappa shape index (κ3) is 21.7. The van der Waals surface area contributed by atoms with E-state index >= 15 is 0 Å². The van der Waals surface area contributed by atoms with Gasteiger partial charge in [-0.3, -0.25) is 0 Å². The van der Waals surface area contributed by atoms with Crippen LogP contribution in [0.5, 0.6) is 0 Å². The lowest BCUT2D eigenvalue weighted by Crippen LogP contribution is -2.21. The van der Waals surface area contributed by atoms with Crippen LogP contribution in [0.15, 0.2) is 0 Å². The minimum absolute atomic E-state index is 0.571. The molecular formula is C17H37NO6. The highest BCUT2D eigenvalue weighted by Gasteiger charge is 1.93. The predicted octanol–water partition coefficient (Wildman–Crippen LogP) is 1.11. The van der Waals surface area contributed by atoms with Crippen LogP contribution in [0, 0.1) is 0 Å². The first kappa shape index (κ1) is 23.7. The molecule has 0 aliphatic carbocycles. The highest BCUT2D eigenvalue weighted by molar-refractivity contribution is 4.43. The molecule has 0 rings (SSSR count). The summed E-state index contributed by atoms with van der Waals surface area (Å²) in [6.45, 7) is 13.5. The fourth-order valence-electron chi connectivity index (χ4n) is 1.69. The molecule has 0 spiro atoms. The zero-order valence-electron chi connectivity index (χ0n) is 15.6. The number of rotatable bonds is 21. The Kier molecular flexibility index (Phi) is 22.5. The second kappa shape index (κ2) is 22.7. The first-order valence-corrected chi connectivity index (χ1v) is 9.09. The molecule has 0 radical (unpaired) electrons. The van der Waals surface area contributed by atoms with E-state index < -0.39 is 0 Å². The van der Waals surface area contributed by atoms with Gasteiger partial charge in [-0.2, -0.15) is 0 Å². The maximum absolute atomic E-state index is 5.43. The molecule has 146 valence electrons. The van der Waals surface area contributed by atoms with Crippen LogP contribution in [0.4, 0.5) is 0 Å². The van der Waals surface area contributed by atoms with Gasteiger partial charge in [-0.1, -0.05) is 6.92 Å². The van der Waals surface area contributed by atoms with E-state index in [1.54, 1.807) is 0 Å². The Morgan fingerprint density at radius 1 is 0.458 bits per heavy atom. The second-order valence-corrected chi connectivity index (χ2v) is 5.01. The molecule has 24 heavy (non-hydrogen) atoms. The van der Waals surface area contributed by atoms with Gasteiger partial charge >= 0.3 is 0 Å². The van der Waals surface area contributed by atoms with E-state index in [2.05, 4.69) is 12.2 Å². The molecule has 0 saturated carbocycles. The molecule has 0 unspecified atom stereocenters. The maximum Gasteiger partial charge on any atom is 0.0701 e. The van der Waals surface area contributed by atoms with Crippen LogP contribution in [-0.4, -0.2) is 92.4 Å². The van der Waals surface area contributed by atoms with Crippen molar-refractivity contribution in [2.24, 2.45) is 0 Å². The zero-order valence-corrected chi connectivity index (χ0v) is 15.6. The van der Waals surface area contributed by atoms with E-state index in [0.717, 1.165) is 32.7 Å². The van der Waals surface area contributed by atoms with Gasteiger partial charge in [0.25, 0.3) is 0 Å². The summed E-state index contributed by atoms with van der Waals surface area (Å²) in [5.74, 6) is 0. The lowest BCUT2D eigenvalue weighted by molar-refractivity contribution is -0.0160. The van der Waals surface area contributed by atoms with Gasteiger partial charge in [0.2, 0.25) is 0 Å². The average Bonchev–Trinajstić information content (AvgIpc) is 2.60. The molecule has 0 heterocycles. The van der Waals surface area contributed by atoms with Crippen LogP contribution in [0.3, 0.4) is 0 Å². The summed E-state index contributed by atoms with van der Waals surface area (Å²) < 4.78 is 32.1. The second-order valence-electron chi connectivity index (χ2n) is 5.01. The molecule has 1 N–H and O–H groups in total. The van der Waals surface area contributed by atoms with Crippen LogP contribution in [0.1, 0.15) is 20.3 Å². The van der Waals surface area contributed by atoms with Crippen molar-refractivity contribution < 1.29 is 28.4 Å². The van der Waals surface area contributed by atoms with Crippen molar-refractivity contribution in [3.8, 4) is 0 Å². The summed E-state index contributed by atoms with van der Waals surface area (Å²) in [5, 5.41) is 3.28. The van der Waals surface area contributed by atoms with E-state index in [1.807, 2.05) is 6.92 Å². The molecule has 0 aromatic carbocycles. The summed E-state index contributed by atoms with van der Waals surface area (Å²) in [4.78, 5) is 0. The highest BCUT2D eigenvalue weighted by Crippen LogP contribution is 1.84. The molecule has 0 atom stereocenters. The Hall–Kier alpha value is -0.280. The molecule has 0 bridgehead atoms. The average molecular weight is 351 g/mol. The van der Waals surface area contributed by atoms with E-state index in [1.165, 1.54) is 0 Å². The normalized spacial score (nSPS) is 11.2. The van der Waals surface area contributed by atoms with Crippen LogP contribution < -0.4 is 5.32 Å². The number of hydrogen-bond acceptors (Lipinski definition) is 7. The number of nitrogens with one attached hydrogen (secondary N) is 1. The monoisotopic (exact) mass is 351 g/mol. The van der Waals surface area contributed by atoms with Crippen molar-refractivity contribution in [1.82, 2.24) is 5.32 Å². The summed E-state index contributed by atoms with van der Waals surface area (Å²) in [6.07, 6.45) is 1.15. The molecule has 7 nitrogen and oxygen atoms in total. The SMILES string of the molecule is CCCNCCOCCOCCOCCOCCOCCOCC. The Labute approximate surface area is 147 Å². The van der Waals surface area contributed by atoms with E-state index in [0.29, 0.717) is 66.1 Å². The largest absolute Gasteiger partial charge is 0.379 e. The number of hydrogen-bond donors (Lipinski definition) is 1. The topological polar surface area (TPSA) is 67.4 Å². The van der Waals surface area contributed by atoms with Crippen LogP contribution in [0.2, 0.25) is 0 Å². The molecule has 7 heteroatoms. The van der Waals surface area contributed by atoms with Crippen LogP contribution in [-0.2, 0) is 28.4 Å². The first-order valence-electron chi connectivity index (χ1n) is 9.09. The third-order valence-corrected chi connectivity index (χ3v) is 2.91. The van der Waals surface area contributed by atoms with Gasteiger partial charge in [0, 0.05) is 13.2 Å². The van der Waals surface area contributed by atoms with Gasteiger partial charge in [-0.05, 0) is 19.9 Å². The van der Waals surface area contributed by atoms with Crippen molar-refractivity contribution in [2.75, 3.05) is 92.4 Å². The quantitative estimate of drug-likeness (QED) is 0.311. The van der Waals surface area contributed by atoms with Gasteiger partial charge in [0.15, 0.2) is 0 Å². The Morgan fingerprint density at radius 3 is 1.21 bits per heavy atom. The summed E-state index contributed by atoms with van der Waals surface area (Å²) in [7, 11) is 0. The maximum atomic E-state index is 5.43. The zero-order chi connectivity index (χ0) is 17.6. The highest BCUT2D eigenvalue weighted by atomic mass is 16.6. The molecule has 0 fully saturated rings. The van der Waals surface area contributed by atoms with Crippen LogP contribution >= 0.6 is 0 Å². The first-order chi connectivity index (χ1) is 11.9. The fraction of sp³-hybridized carbons (Fsp3) is 1.00. The van der Waals surface area contributed by atoms with E-state index in [4.69, 9.17) is 28.4 Å². The third-order valence-electron chi connectivity index (χ3n) is 2.91. The van der Waals surface area contributed by atoms with E-state index in [-0.39, 0.29) is 0 Å². The molecule has 0 aliphatic rings. The minimum Gasteiger partial charge on any atom is -0.379 e. The van der Waals surface area contributed by atoms with Crippen molar-refractivity contribution in [2.45, 2.75) is 20.3 Å².